The van der Waals surface area contributed by atoms with Gasteiger partial charge in [0.2, 0.25) is 5.91 Å². The standard InChI is InChI=1S/C22H26Cl2N2OS/c1-16-12-14-26(15-13-16)22(27)20(11-10-17-6-2-3-7-18(17)23)25-28-21-9-5-4-8-19(21)24/h2-9,16,20,25H,10-15H2,1H3. The number of carbonyl (C=O) groups is 1. The quantitative estimate of drug-likeness (QED) is 0.552. The maximum atomic E-state index is 13.2. The summed E-state index contributed by atoms with van der Waals surface area (Å²) in [4.78, 5) is 16.1. The first-order valence-corrected chi connectivity index (χ1v) is 11.3. The molecule has 3 nitrogen and oxygen atoms in total. The van der Waals surface area contributed by atoms with E-state index in [1.807, 2.05) is 53.4 Å². The van der Waals surface area contributed by atoms with E-state index in [1.165, 1.54) is 11.9 Å². The second-order valence-electron chi connectivity index (χ2n) is 7.34. The molecule has 1 atom stereocenters. The number of amides is 1. The Balaban J connectivity index is 1.68. The van der Waals surface area contributed by atoms with E-state index in [2.05, 4.69) is 11.6 Å². The van der Waals surface area contributed by atoms with Gasteiger partial charge >= 0.3 is 0 Å². The van der Waals surface area contributed by atoms with Crippen LogP contribution in [-0.2, 0) is 11.2 Å². The fraction of sp³-hybridized carbons (Fsp3) is 0.409. The molecule has 0 radical (unpaired) electrons. The van der Waals surface area contributed by atoms with Crippen LogP contribution in [0.5, 0.6) is 0 Å². The molecule has 0 bridgehead atoms. The molecular weight excluding hydrogens is 411 g/mol. The van der Waals surface area contributed by atoms with E-state index in [0.29, 0.717) is 17.4 Å². The first kappa shape index (κ1) is 21.5. The van der Waals surface area contributed by atoms with E-state index in [9.17, 15) is 4.79 Å². The lowest BCUT2D eigenvalue weighted by atomic mass is 9.98. The number of carbonyl (C=O) groups excluding carboxylic acids is 1. The van der Waals surface area contributed by atoms with Gasteiger partial charge in [0.05, 0.1) is 11.1 Å². The van der Waals surface area contributed by atoms with Gasteiger partial charge in [-0.2, -0.15) is 0 Å². The van der Waals surface area contributed by atoms with Crippen LogP contribution in [0, 0.1) is 5.92 Å². The number of rotatable bonds is 7. The Morgan fingerprint density at radius 1 is 1.11 bits per heavy atom. The summed E-state index contributed by atoms with van der Waals surface area (Å²) in [6.07, 6.45) is 3.57. The molecule has 1 aliphatic rings. The molecule has 28 heavy (non-hydrogen) atoms. The number of benzene rings is 2. The van der Waals surface area contributed by atoms with Gasteiger partial charge in [0.15, 0.2) is 0 Å². The van der Waals surface area contributed by atoms with Crippen molar-refractivity contribution >= 4 is 41.1 Å². The van der Waals surface area contributed by atoms with Crippen LogP contribution in [0.25, 0.3) is 0 Å². The number of piperidine rings is 1. The molecule has 1 saturated heterocycles. The molecule has 0 aromatic heterocycles. The van der Waals surface area contributed by atoms with Gasteiger partial charge in [-0.3, -0.25) is 4.79 Å². The van der Waals surface area contributed by atoms with Crippen molar-refractivity contribution in [1.82, 2.24) is 9.62 Å². The Bertz CT molecular complexity index is 744. The average Bonchev–Trinajstić information content (AvgIpc) is 2.70. The molecule has 6 heteroatoms. The smallest absolute Gasteiger partial charge is 0.240 e. The number of hydrogen-bond donors (Lipinski definition) is 1. The molecule has 1 aliphatic heterocycles. The van der Waals surface area contributed by atoms with E-state index >= 15 is 0 Å². The van der Waals surface area contributed by atoms with Crippen molar-refractivity contribution in [2.24, 2.45) is 5.92 Å². The molecule has 1 heterocycles. The molecule has 150 valence electrons. The number of halogens is 2. The van der Waals surface area contributed by atoms with Crippen LogP contribution in [0.2, 0.25) is 10.0 Å². The summed E-state index contributed by atoms with van der Waals surface area (Å²) < 4.78 is 3.37. The lowest BCUT2D eigenvalue weighted by molar-refractivity contribution is -0.134. The van der Waals surface area contributed by atoms with Crippen molar-refractivity contribution in [2.75, 3.05) is 13.1 Å². The van der Waals surface area contributed by atoms with Crippen molar-refractivity contribution in [3.63, 3.8) is 0 Å². The molecule has 2 aromatic rings. The third kappa shape index (κ3) is 5.90. The van der Waals surface area contributed by atoms with Crippen LogP contribution in [0.15, 0.2) is 53.4 Å². The van der Waals surface area contributed by atoms with E-state index in [0.717, 1.165) is 47.8 Å². The highest BCUT2D eigenvalue weighted by Gasteiger charge is 2.27. The number of nitrogens with one attached hydrogen (secondary N) is 1. The van der Waals surface area contributed by atoms with Crippen LogP contribution in [-0.4, -0.2) is 29.9 Å². The van der Waals surface area contributed by atoms with Crippen LogP contribution in [0.1, 0.15) is 31.7 Å². The molecule has 2 aromatic carbocycles. The normalized spacial score (nSPS) is 16.2. The van der Waals surface area contributed by atoms with Gasteiger partial charge in [-0.25, -0.2) is 4.72 Å². The van der Waals surface area contributed by atoms with Crippen molar-refractivity contribution < 1.29 is 4.79 Å². The minimum absolute atomic E-state index is 0.165. The van der Waals surface area contributed by atoms with Crippen molar-refractivity contribution in [2.45, 2.75) is 43.5 Å². The summed E-state index contributed by atoms with van der Waals surface area (Å²) in [5.74, 6) is 0.856. The highest BCUT2D eigenvalue weighted by atomic mass is 35.5. The van der Waals surface area contributed by atoms with Gasteiger partial charge in [-0.15, -0.1) is 0 Å². The second kappa shape index (κ2) is 10.5. The van der Waals surface area contributed by atoms with E-state index in [-0.39, 0.29) is 11.9 Å². The first-order valence-electron chi connectivity index (χ1n) is 9.73. The molecular formula is C22H26Cl2N2OS. The zero-order valence-electron chi connectivity index (χ0n) is 16.0. The summed E-state index contributed by atoms with van der Waals surface area (Å²) >= 11 is 14.0. The Morgan fingerprint density at radius 3 is 2.43 bits per heavy atom. The summed E-state index contributed by atoms with van der Waals surface area (Å²) in [6.45, 7) is 3.92. The van der Waals surface area contributed by atoms with Gasteiger partial charge in [-0.05, 0) is 67.3 Å². The van der Waals surface area contributed by atoms with Gasteiger partial charge in [-0.1, -0.05) is 60.5 Å². The number of aryl methyl sites for hydroxylation is 1. The van der Waals surface area contributed by atoms with Crippen LogP contribution in [0.4, 0.5) is 0 Å². The monoisotopic (exact) mass is 436 g/mol. The van der Waals surface area contributed by atoms with Crippen LogP contribution < -0.4 is 4.72 Å². The summed E-state index contributed by atoms with van der Waals surface area (Å²) in [6, 6.07) is 15.2. The Labute approximate surface area is 181 Å². The highest BCUT2D eigenvalue weighted by molar-refractivity contribution is 7.97. The Kier molecular flexibility index (Phi) is 8.10. The minimum atomic E-state index is -0.286. The van der Waals surface area contributed by atoms with Gasteiger partial charge < -0.3 is 4.90 Å². The lowest BCUT2D eigenvalue weighted by Gasteiger charge is -2.33. The molecule has 1 unspecified atom stereocenters. The second-order valence-corrected chi connectivity index (χ2v) is 9.03. The predicted molar refractivity (Wildman–Crippen MR) is 119 cm³/mol. The fourth-order valence-electron chi connectivity index (χ4n) is 3.35. The Hall–Kier alpha value is -1.20. The van der Waals surface area contributed by atoms with Crippen molar-refractivity contribution in [1.29, 1.82) is 0 Å². The number of nitrogens with zero attached hydrogens (tertiary/aromatic N) is 1. The molecule has 3 rings (SSSR count). The highest BCUT2D eigenvalue weighted by Crippen LogP contribution is 2.26. The molecule has 0 spiro atoms. The van der Waals surface area contributed by atoms with Gasteiger partial charge in [0, 0.05) is 23.0 Å². The number of likely N-dealkylation sites (tertiary alicyclic amines) is 1. The maximum Gasteiger partial charge on any atom is 0.240 e. The summed E-state index contributed by atoms with van der Waals surface area (Å²) in [5.41, 5.74) is 1.07. The van der Waals surface area contributed by atoms with Gasteiger partial charge in [0.1, 0.15) is 0 Å². The average molecular weight is 437 g/mol. The lowest BCUT2D eigenvalue weighted by Crippen LogP contribution is -2.47. The van der Waals surface area contributed by atoms with E-state index in [4.69, 9.17) is 23.2 Å². The first-order chi connectivity index (χ1) is 13.5. The third-order valence-electron chi connectivity index (χ3n) is 5.20. The van der Waals surface area contributed by atoms with Crippen LogP contribution >= 0.6 is 35.1 Å². The maximum absolute atomic E-state index is 13.2. The van der Waals surface area contributed by atoms with E-state index < -0.39 is 0 Å². The van der Waals surface area contributed by atoms with Crippen molar-refractivity contribution in [3.8, 4) is 0 Å². The SMILES string of the molecule is CC1CCN(C(=O)C(CCc2ccccc2Cl)NSc2ccccc2Cl)CC1. The third-order valence-corrected chi connectivity index (χ3v) is 6.99. The Morgan fingerprint density at radius 2 is 1.75 bits per heavy atom. The van der Waals surface area contributed by atoms with Crippen molar-refractivity contribution in [3.05, 3.63) is 64.1 Å². The fourth-order valence-corrected chi connectivity index (χ4v) is 4.63. The largest absolute Gasteiger partial charge is 0.341 e. The summed E-state index contributed by atoms with van der Waals surface area (Å²) in [7, 11) is 0. The number of hydrogen-bond acceptors (Lipinski definition) is 3. The molecule has 0 saturated carbocycles. The topological polar surface area (TPSA) is 32.3 Å². The molecule has 0 aliphatic carbocycles. The minimum Gasteiger partial charge on any atom is -0.341 e. The predicted octanol–water partition coefficient (Wildman–Crippen LogP) is 5.85. The zero-order chi connectivity index (χ0) is 19.9. The molecule has 1 N–H and O–H groups in total. The van der Waals surface area contributed by atoms with E-state index in [1.54, 1.807) is 0 Å². The zero-order valence-corrected chi connectivity index (χ0v) is 18.4. The van der Waals surface area contributed by atoms with Crippen LogP contribution in [0.3, 0.4) is 0 Å². The van der Waals surface area contributed by atoms with Gasteiger partial charge in [0.25, 0.3) is 0 Å². The molecule has 1 fully saturated rings. The molecule has 1 amide bonds. The summed E-state index contributed by atoms with van der Waals surface area (Å²) in [5, 5.41) is 1.43.